The van der Waals surface area contributed by atoms with Crippen molar-refractivity contribution in [2.75, 3.05) is 6.54 Å². The molecule has 11 heteroatoms. The quantitative estimate of drug-likeness (QED) is 0.329. The zero-order chi connectivity index (χ0) is 26.3. The molecule has 1 unspecified atom stereocenters. The van der Waals surface area contributed by atoms with Crippen LogP contribution in [0.2, 0.25) is 0 Å². The van der Waals surface area contributed by atoms with Gasteiger partial charge in [0.2, 0.25) is 10.0 Å². The summed E-state index contributed by atoms with van der Waals surface area (Å²) in [5.74, 6) is 0. The summed E-state index contributed by atoms with van der Waals surface area (Å²) >= 11 is 0. The van der Waals surface area contributed by atoms with Crippen molar-refractivity contribution in [2.45, 2.75) is 43.3 Å². The molecule has 4 N–H and O–H groups in total. The van der Waals surface area contributed by atoms with Crippen LogP contribution >= 0.6 is 0 Å². The molecule has 0 bridgehead atoms. The molecule has 0 aliphatic heterocycles. The molecule has 0 radical (unpaired) electrons. The van der Waals surface area contributed by atoms with Crippen LogP contribution in [0.3, 0.4) is 0 Å². The van der Waals surface area contributed by atoms with Gasteiger partial charge >= 0.3 is 12.2 Å². The second kappa shape index (κ2) is 11.5. The Bertz CT molecular complexity index is 1310. The topological polar surface area (TPSA) is 114 Å². The number of nitrogens with two attached hydrogens (primary N) is 1. The molecule has 192 valence electrons. The smallest absolute Gasteiger partial charge is 0.352 e. The summed E-state index contributed by atoms with van der Waals surface area (Å²) in [6.45, 7) is 2.19. The molecule has 1 aromatic heterocycles. The van der Waals surface area contributed by atoms with Crippen molar-refractivity contribution < 1.29 is 26.4 Å². The molecule has 3 rings (SSSR count). The second-order valence-electron chi connectivity index (χ2n) is 8.27. The average Bonchev–Trinajstić information content (AvgIpc) is 2.83. The van der Waals surface area contributed by atoms with E-state index in [1.54, 1.807) is 24.5 Å². The number of aromatic nitrogens is 1. The number of primary amides is 1. The number of amides is 2. The minimum atomic E-state index is -4.83. The molecule has 1 atom stereocenters. The third kappa shape index (κ3) is 7.05. The first-order valence-electron chi connectivity index (χ1n) is 11.2. The highest BCUT2D eigenvalue weighted by atomic mass is 32.2. The van der Waals surface area contributed by atoms with E-state index >= 15 is 0 Å². The summed E-state index contributed by atoms with van der Waals surface area (Å²) in [6.07, 6.45) is -0.208. The Kier molecular flexibility index (Phi) is 8.70. The van der Waals surface area contributed by atoms with Crippen molar-refractivity contribution in [3.8, 4) is 11.1 Å². The lowest BCUT2D eigenvalue weighted by Gasteiger charge is -2.22. The Hall–Kier alpha value is -3.44. The molecule has 2 aromatic carbocycles. The summed E-state index contributed by atoms with van der Waals surface area (Å²) < 4.78 is 69.4. The number of urea groups is 1. The van der Waals surface area contributed by atoms with Crippen LogP contribution < -0.4 is 15.8 Å². The van der Waals surface area contributed by atoms with Gasteiger partial charge in [-0.05, 0) is 72.7 Å². The van der Waals surface area contributed by atoms with E-state index in [4.69, 9.17) is 5.73 Å². The zero-order valence-electron chi connectivity index (χ0n) is 19.5. The zero-order valence-corrected chi connectivity index (χ0v) is 20.4. The van der Waals surface area contributed by atoms with Gasteiger partial charge in [-0.3, -0.25) is 4.98 Å². The lowest BCUT2D eigenvalue weighted by Crippen LogP contribution is -2.31. The Morgan fingerprint density at radius 3 is 2.53 bits per heavy atom. The minimum absolute atomic E-state index is 0.284. The lowest BCUT2D eigenvalue weighted by atomic mass is 9.96. The van der Waals surface area contributed by atoms with Crippen LogP contribution in [0.25, 0.3) is 11.1 Å². The summed E-state index contributed by atoms with van der Waals surface area (Å²) in [4.78, 5) is 14.1. The number of carbonyl (C=O) groups is 1. The van der Waals surface area contributed by atoms with E-state index in [0.717, 1.165) is 34.9 Å². The van der Waals surface area contributed by atoms with Crippen molar-refractivity contribution in [3.63, 3.8) is 0 Å². The number of nitrogens with zero attached hydrogens (tertiary/aromatic N) is 1. The number of halogens is 3. The Morgan fingerprint density at radius 1 is 1.08 bits per heavy atom. The van der Waals surface area contributed by atoms with E-state index < -0.39 is 38.7 Å². The Balaban J connectivity index is 1.95. The van der Waals surface area contributed by atoms with Crippen molar-refractivity contribution in [2.24, 2.45) is 5.73 Å². The van der Waals surface area contributed by atoms with E-state index in [0.29, 0.717) is 24.9 Å². The first kappa shape index (κ1) is 27.2. The average molecular weight is 521 g/mol. The third-order valence-corrected chi connectivity index (χ3v) is 7.15. The fourth-order valence-electron chi connectivity index (χ4n) is 3.88. The maximum absolute atomic E-state index is 13.5. The van der Waals surface area contributed by atoms with Crippen LogP contribution in [-0.2, 0) is 16.2 Å². The fraction of sp³-hybridized carbons (Fsp3) is 0.280. The molecule has 2 amide bonds. The molecular weight excluding hydrogens is 493 g/mol. The van der Waals surface area contributed by atoms with E-state index in [-0.39, 0.29) is 6.42 Å². The Labute approximate surface area is 208 Å². The third-order valence-electron chi connectivity index (χ3n) is 5.62. The van der Waals surface area contributed by atoms with Crippen LogP contribution in [0.5, 0.6) is 0 Å². The molecular formula is C25H27F3N4O3S. The van der Waals surface area contributed by atoms with Gasteiger partial charge in [-0.25, -0.2) is 17.9 Å². The highest BCUT2D eigenvalue weighted by molar-refractivity contribution is 7.89. The first-order chi connectivity index (χ1) is 17.0. The number of benzene rings is 2. The highest BCUT2D eigenvalue weighted by Gasteiger charge is 2.37. The van der Waals surface area contributed by atoms with Crippen molar-refractivity contribution in [1.29, 1.82) is 0 Å². The van der Waals surface area contributed by atoms with Gasteiger partial charge in [0.1, 0.15) is 0 Å². The normalized spacial score (nSPS) is 12.8. The molecule has 0 fully saturated rings. The number of aryl methyl sites for hydroxylation is 1. The summed E-state index contributed by atoms with van der Waals surface area (Å²) in [6, 6.07) is 11.6. The van der Waals surface area contributed by atoms with Crippen molar-refractivity contribution >= 4 is 16.1 Å². The molecule has 1 heterocycles. The van der Waals surface area contributed by atoms with Gasteiger partial charge in [-0.2, -0.15) is 13.2 Å². The van der Waals surface area contributed by atoms with E-state index in [2.05, 4.69) is 15.0 Å². The molecule has 7 nitrogen and oxygen atoms in total. The van der Waals surface area contributed by atoms with Gasteiger partial charge in [0.05, 0.1) is 10.5 Å². The van der Waals surface area contributed by atoms with E-state index in [1.807, 2.05) is 25.1 Å². The number of rotatable bonds is 10. The number of pyridine rings is 1. The predicted octanol–water partition coefficient (Wildman–Crippen LogP) is 4.93. The van der Waals surface area contributed by atoms with Gasteiger partial charge in [0, 0.05) is 25.0 Å². The summed E-state index contributed by atoms with van der Waals surface area (Å²) in [7, 11) is -4.53. The van der Waals surface area contributed by atoms with E-state index in [9.17, 15) is 26.4 Å². The Morgan fingerprint density at radius 2 is 1.83 bits per heavy atom. The van der Waals surface area contributed by atoms with Crippen LogP contribution in [0.15, 0.2) is 71.9 Å². The number of sulfonamides is 1. The summed E-state index contributed by atoms with van der Waals surface area (Å²) in [5.41, 5.74) is 7.08. The molecule has 0 spiro atoms. The van der Waals surface area contributed by atoms with Gasteiger partial charge in [0.15, 0.2) is 0 Å². The van der Waals surface area contributed by atoms with Gasteiger partial charge in [-0.1, -0.05) is 30.3 Å². The van der Waals surface area contributed by atoms with Crippen LogP contribution in [0, 0.1) is 6.92 Å². The summed E-state index contributed by atoms with van der Waals surface area (Å²) in [5, 5.41) is 2.46. The van der Waals surface area contributed by atoms with Crippen LogP contribution in [0.4, 0.5) is 18.0 Å². The number of nitrogens with one attached hydrogen (secondary N) is 2. The van der Waals surface area contributed by atoms with Crippen molar-refractivity contribution in [3.05, 3.63) is 83.7 Å². The largest absolute Gasteiger partial charge is 0.417 e. The standard InChI is InChI=1S/C25H27F3N4O3S/c1-17-16-30-14-12-20(17)18-7-6-8-19(15-18)22(10-4-5-13-31-24(29)33)32-36(34,35)23-11-3-2-9-21(23)25(26,27)28/h2-3,6-9,11-12,14-16,22,32H,4-5,10,13H2,1H3,(H3,29,31,33). The molecule has 0 saturated carbocycles. The van der Waals surface area contributed by atoms with Gasteiger partial charge in [0.25, 0.3) is 0 Å². The molecule has 3 aromatic rings. The van der Waals surface area contributed by atoms with Crippen molar-refractivity contribution in [1.82, 2.24) is 15.0 Å². The highest BCUT2D eigenvalue weighted by Crippen LogP contribution is 2.35. The first-order valence-corrected chi connectivity index (χ1v) is 12.7. The number of hydrogen-bond donors (Lipinski definition) is 3. The predicted molar refractivity (Wildman–Crippen MR) is 130 cm³/mol. The fourth-order valence-corrected chi connectivity index (χ4v) is 5.37. The number of hydrogen-bond acceptors (Lipinski definition) is 4. The lowest BCUT2D eigenvalue weighted by molar-refractivity contribution is -0.139. The van der Waals surface area contributed by atoms with Gasteiger partial charge < -0.3 is 11.1 Å². The molecule has 0 saturated heterocycles. The number of unbranched alkanes of at least 4 members (excludes halogenated alkanes) is 1. The molecule has 36 heavy (non-hydrogen) atoms. The van der Waals surface area contributed by atoms with Crippen LogP contribution in [-0.4, -0.2) is 26.0 Å². The van der Waals surface area contributed by atoms with Crippen LogP contribution in [0.1, 0.15) is 42.0 Å². The monoisotopic (exact) mass is 520 g/mol. The SMILES string of the molecule is Cc1cnccc1-c1cccc(C(CCCCNC(N)=O)NS(=O)(=O)c2ccccc2C(F)(F)F)c1. The maximum atomic E-state index is 13.5. The second-order valence-corrected chi connectivity index (χ2v) is 9.95. The van der Waals surface area contributed by atoms with E-state index in [1.165, 1.54) is 6.07 Å². The minimum Gasteiger partial charge on any atom is -0.352 e. The number of alkyl halides is 3. The maximum Gasteiger partial charge on any atom is 0.417 e. The van der Waals surface area contributed by atoms with Gasteiger partial charge in [-0.15, -0.1) is 0 Å². The number of carbonyl (C=O) groups excluding carboxylic acids is 1. The molecule has 0 aliphatic carbocycles. The molecule has 0 aliphatic rings.